The van der Waals surface area contributed by atoms with Crippen LogP contribution in [0.1, 0.15) is 95.9 Å². The number of sulfone groups is 1. The van der Waals surface area contributed by atoms with Crippen LogP contribution in [0.2, 0.25) is 0 Å². The van der Waals surface area contributed by atoms with Gasteiger partial charge in [-0.05, 0) is 79.8 Å². The number of thiophene rings is 1. The molecule has 1 amide bonds. The molecule has 1 unspecified atom stereocenters. The largest absolute Gasteiger partial charge is 0.481 e. The van der Waals surface area contributed by atoms with Crippen LogP contribution in [0, 0.1) is 5.92 Å². The molecular formula is C28H38N2O5S2. The van der Waals surface area contributed by atoms with Crippen molar-refractivity contribution in [2.45, 2.75) is 76.7 Å². The van der Waals surface area contributed by atoms with E-state index in [2.05, 4.69) is 23.6 Å². The predicted octanol–water partition coefficient (Wildman–Crippen LogP) is 5.54. The van der Waals surface area contributed by atoms with Gasteiger partial charge >= 0.3 is 5.97 Å². The van der Waals surface area contributed by atoms with E-state index in [4.69, 9.17) is 5.11 Å². The minimum Gasteiger partial charge on any atom is -0.481 e. The average Bonchev–Trinajstić information content (AvgIpc) is 3.32. The highest BCUT2D eigenvalue weighted by atomic mass is 32.2. The van der Waals surface area contributed by atoms with Crippen molar-refractivity contribution >= 4 is 38.7 Å². The van der Waals surface area contributed by atoms with Gasteiger partial charge in [-0.15, -0.1) is 11.3 Å². The summed E-state index contributed by atoms with van der Waals surface area (Å²) in [4.78, 5) is 25.7. The maximum absolute atomic E-state index is 12.3. The third kappa shape index (κ3) is 7.35. The Balaban J connectivity index is 1.53. The first-order chi connectivity index (χ1) is 17.8. The second-order valence-electron chi connectivity index (χ2n) is 10.3. The van der Waals surface area contributed by atoms with Crippen LogP contribution in [0.5, 0.6) is 0 Å². The van der Waals surface area contributed by atoms with E-state index in [1.165, 1.54) is 47.4 Å². The number of aryl methyl sites for hydroxylation is 1. The molecule has 2 aliphatic rings. The second kappa shape index (κ2) is 12.4. The zero-order valence-electron chi connectivity index (χ0n) is 21.5. The van der Waals surface area contributed by atoms with Crippen molar-refractivity contribution in [2.24, 2.45) is 5.92 Å². The Kier molecular flexibility index (Phi) is 9.29. The summed E-state index contributed by atoms with van der Waals surface area (Å²) in [6.07, 6.45) is 8.37. The molecule has 1 aromatic heterocycles. The third-order valence-corrected chi connectivity index (χ3v) is 10.9. The molecule has 2 fully saturated rings. The maximum Gasteiger partial charge on any atom is 0.305 e. The van der Waals surface area contributed by atoms with Crippen molar-refractivity contribution in [3.05, 3.63) is 51.2 Å². The normalized spacial score (nSPS) is 19.3. The van der Waals surface area contributed by atoms with E-state index in [1.54, 1.807) is 12.1 Å². The fraction of sp³-hybridized carbons (Fsp3) is 0.571. The predicted molar refractivity (Wildman–Crippen MR) is 148 cm³/mol. The molecule has 0 bridgehead atoms. The van der Waals surface area contributed by atoms with Crippen LogP contribution in [-0.4, -0.2) is 43.5 Å². The Morgan fingerprint density at radius 2 is 1.73 bits per heavy atom. The van der Waals surface area contributed by atoms with Crippen molar-refractivity contribution in [3.8, 4) is 0 Å². The minimum absolute atomic E-state index is 0.102. The summed E-state index contributed by atoms with van der Waals surface area (Å²) in [6.45, 7) is 2.30. The lowest BCUT2D eigenvalue weighted by atomic mass is 9.80. The molecule has 3 N–H and O–H groups in total. The van der Waals surface area contributed by atoms with Gasteiger partial charge in [0.15, 0.2) is 0 Å². The number of carboxylic acid groups (broad SMARTS) is 1. The van der Waals surface area contributed by atoms with E-state index in [-0.39, 0.29) is 36.4 Å². The van der Waals surface area contributed by atoms with Crippen LogP contribution in [0.4, 0.5) is 5.69 Å². The monoisotopic (exact) mass is 546 g/mol. The van der Waals surface area contributed by atoms with E-state index >= 15 is 0 Å². The fourth-order valence-electron chi connectivity index (χ4n) is 5.58. The quantitative estimate of drug-likeness (QED) is 0.361. The number of amides is 1. The van der Waals surface area contributed by atoms with Gasteiger partial charge in [-0.2, -0.15) is 0 Å². The average molecular weight is 547 g/mol. The lowest BCUT2D eigenvalue weighted by Crippen LogP contribution is -2.26. The number of hydrogen-bond donors (Lipinski definition) is 3. The summed E-state index contributed by atoms with van der Waals surface area (Å²) in [5.74, 6) is 0.192. The summed E-state index contributed by atoms with van der Waals surface area (Å²) < 4.78 is 23.9. The molecule has 2 heterocycles. The number of carbonyl (C=O) groups is 2. The first-order valence-corrected chi connectivity index (χ1v) is 16.1. The van der Waals surface area contributed by atoms with Crippen molar-refractivity contribution in [2.75, 3.05) is 23.4 Å². The zero-order valence-corrected chi connectivity index (χ0v) is 23.1. The Morgan fingerprint density at radius 3 is 2.35 bits per heavy atom. The Morgan fingerprint density at radius 1 is 1.05 bits per heavy atom. The molecule has 0 spiro atoms. The van der Waals surface area contributed by atoms with Crippen molar-refractivity contribution < 1.29 is 23.1 Å². The highest BCUT2D eigenvalue weighted by Crippen LogP contribution is 2.43. The lowest BCUT2D eigenvalue weighted by Gasteiger charge is -2.32. The Bertz CT molecular complexity index is 1170. The molecule has 202 valence electrons. The molecule has 1 aliphatic heterocycles. The van der Waals surface area contributed by atoms with Gasteiger partial charge in [-0.25, -0.2) is 8.42 Å². The molecule has 0 radical (unpaired) electrons. The van der Waals surface area contributed by atoms with E-state index in [1.807, 2.05) is 23.5 Å². The van der Waals surface area contributed by atoms with Crippen molar-refractivity contribution in [1.82, 2.24) is 5.32 Å². The number of nitrogens with one attached hydrogen (secondary N) is 2. The van der Waals surface area contributed by atoms with Gasteiger partial charge in [0, 0.05) is 27.5 Å². The molecule has 1 saturated heterocycles. The van der Waals surface area contributed by atoms with Gasteiger partial charge in [0.1, 0.15) is 9.84 Å². The van der Waals surface area contributed by atoms with Crippen LogP contribution in [-0.2, 0) is 21.1 Å². The number of aliphatic carboxylic acids is 1. The van der Waals surface area contributed by atoms with E-state index in [0.717, 1.165) is 12.1 Å². The summed E-state index contributed by atoms with van der Waals surface area (Å²) in [5.41, 5.74) is 2.80. The van der Waals surface area contributed by atoms with Crippen molar-refractivity contribution in [1.29, 1.82) is 0 Å². The van der Waals surface area contributed by atoms with E-state index in [0.29, 0.717) is 30.2 Å². The molecule has 7 nitrogen and oxygen atoms in total. The molecule has 1 aromatic carbocycles. The molecule has 4 rings (SSSR count). The number of anilines is 1. The van der Waals surface area contributed by atoms with Gasteiger partial charge in [0.2, 0.25) is 0 Å². The number of benzene rings is 1. The Labute approximate surface area is 224 Å². The van der Waals surface area contributed by atoms with Gasteiger partial charge in [0.05, 0.1) is 24.0 Å². The van der Waals surface area contributed by atoms with Crippen LogP contribution in [0.15, 0.2) is 30.3 Å². The summed E-state index contributed by atoms with van der Waals surface area (Å²) >= 11 is 1.86. The first kappa shape index (κ1) is 27.6. The highest BCUT2D eigenvalue weighted by molar-refractivity contribution is 7.91. The van der Waals surface area contributed by atoms with Crippen LogP contribution in [0.25, 0.3) is 0 Å². The van der Waals surface area contributed by atoms with Gasteiger partial charge in [0.25, 0.3) is 5.91 Å². The third-order valence-electron chi connectivity index (χ3n) is 7.69. The number of rotatable bonds is 10. The van der Waals surface area contributed by atoms with Crippen LogP contribution < -0.4 is 10.6 Å². The van der Waals surface area contributed by atoms with Crippen molar-refractivity contribution in [3.63, 3.8) is 0 Å². The zero-order chi connectivity index (χ0) is 26.4. The van der Waals surface area contributed by atoms with Gasteiger partial charge in [-0.3, -0.25) is 9.59 Å². The molecule has 1 saturated carbocycles. The van der Waals surface area contributed by atoms with Gasteiger partial charge in [-0.1, -0.05) is 26.2 Å². The highest BCUT2D eigenvalue weighted by Gasteiger charge is 2.31. The summed E-state index contributed by atoms with van der Waals surface area (Å²) in [5, 5.41) is 15.2. The van der Waals surface area contributed by atoms with Crippen LogP contribution >= 0.6 is 11.3 Å². The molecule has 37 heavy (non-hydrogen) atoms. The molecule has 2 aromatic rings. The smallest absolute Gasteiger partial charge is 0.305 e. The van der Waals surface area contributed by atoms with Gasteiger partial charge < -0.3 is 15.7 Å². The minimum atomic E-state index is -2.89. The lowest BCUT2D eigenvalue weighted by molar-refractivity contribution is -0.136. The van der Waals surface area contributed by atoms with E-state index < -0.39 is 15.8 Å². The molecular weight excluding hydrogens is 508 g/mol. The number of hydrogen-bond acceptors (Lipinski definition) is 6. The number of carbonyl (C=O) groups excluding carboxylic acids is 1. The van der Waals surface area contributed by atoms with E-state index in [9.17, 15) is 18.0 Å². The maximum atomic E-state index is 12.3. The molecule has 1 atom stereocenters. The Hall–Kier alpha value is -2.39. The summed E-state index contributed by atoms with van der Waals surface area (Å²) in [7, 11) is -2.89. The summed E-state index contributed by atoms with van der Waals surface area (Å²) in [6, 6.07) is 9.92. The SMILES string of the molecule is CCc1sc(C2CCS(=O)(=O)CC2)cc1C(Nc1ccc(C(=O)NCCC(=O)O)cc1)C1CCCCC1. The topological polar surface area (TPSA) is 113 Å². The standard InChI is InChI=1S/C28H38N2O5S2/c1-2-24-23(18-25(36-24)19-13-16-37(34,35)17-14-19)27(20-6-4-3-5-7-20)30-22-10-8-21(9-11-22)28(33)29-15-12-26(31)32/h8-11,18-20,27,30H,2-7,12-17H2,1H3,(H,29,33)(H,31,32). The molecule has 1 aliphatic carbocycles. The molecule has 9 heteroatoms. The first-order valence-electron chi connectivity index (χ1n) is 13.4. The number of carboxylic acids is 1. The second-order valence-corrected chi connectivity index (χ2v) is 13.8. The fourth-order valence-corrected chi connectivity index (χ4v) is 8.39. The van der Waals surface area contributed by atoms with Crippen LogP contribution in [0.3, 0.4) is 0 Å².